The van der Waals surface area contributed by atoms with Crippen LogP contribution in [0.5, 0.6) is 0 Å². The number of anilines is 2. The lowest BCUT2D eigenvalue weighted by Gasteiger charge is -2.39. The molecular weight excluding hydrogens is 520 g/mol. The van der Waals surface area contributed by atoms with Gasteiger partial charge in [0, 0.05) is 25.4 Å². The predicted octanol–water partition coefficient (Wildman–Crippen LogP) is 4.52. The van der Waals surface area contributed by atoms with Gasteiger partial charge in [-0.1, -0.05) is 6.92 Å². The van der Waals surface area contributed by atoms with E-state index in [2.05, 4.69) is 32.6 Å². The minimum atomic E-state index is -0.731. The summed E-state index contributed by atoms with van der Waals surface area (Å²) in [6.45, 7) is 2.14. The largest absolute Gasteiger partial charge is 0.453 e. The second-order valence-electron chi connectivity index (χ2n) is 10.1. The molecule has 0 aliphatic heterocycles. The van der Waals surface area contributed by atoms with E-state index < -0.39 is 17.7 Å². The molecule has 1 amide bonds. The van der Waals surface area contributed by atoms with Crippen molar-refractivity contribution in [1.29, 1.82) is 0 Å². The number of amides is 1. The minimum Gasteiger partial charge on any atom is -0.453 e. The van der Waals surface area contributed by atoms with E-state index in [9.17, 15) is 13.6 Å². The normalized spacial score (nSPS) is 20.9. The molecule has 0 radical (unpaired) electrons. The Balaban J connectivity index is 1.43. The number of aromatic nitrogens is 4. The third-order valence-corrected chi connectivity index (χ3v) is 7.35. The molecule has 4 N–H and O–H groups in total. The Morgan fingerprint density at radius 1 is 1.15 bits per heavy atom. The molecule has 0 spiro atoms. The molecule has 1 saturated carbocycles. The number of nitrogens with two attached hydrogens (primary N) is 1. The molecule has 4 atom stereocenters. The fourth-order valence-corrected chi connectivity index (χ4v) is 5.50. The van der Waals surface area contributed by atoms with Crippen molar-refractivity contribution in [2.24, 2.45) is 11.7 Å². The van der Waals surface area contributed by atoms with Gasteiger partial charge in [-0.05, 0) is 66.1 Å². The maximum absolute atomic E-state index is 14.9. The standard InChI is InChI=1S/C28H31F2N7O3/c1-15-8-17(11-22(31)26(15)35-28(38)40-3)19-6-7-32-13-24(19)34-27-33-12-18-4-5-23(36-37(18)27)25-20(29)9-16(14-39-2)10-21(25)30/h4-7,9-10,12-13,15,17,22,26H,8,11,14,31H2,1-3H3,(H,33,34)(H,35,38). The summed E-state index contributed by atoms with van der Waals surface area (Å²) in [6, 6.07) is 7.19. The van der Waals surface area contributed by atoms with E-state index in [-0.39, 0.29) is 41.8 Å². The van der Waals surface area contributed by atoms with Gasteiger partial charge in [-0.3, -0.25) is 4.98 Å². The number of methoxy groups -OCH3 is 2. The summed E-state index contributed by atoms with van der Waals surface area (Å²) >= 11 is 0. The van der Waals surface area contributed by atoms with E-state index in [4.69, 9.17) is 15.2 Å². The first kappa shape index (κ1) is 27.4. The van der Waals surface area contributed by atoms with Crippen LogP contribution in [0.4, 0.5) is 25.2 Å². The van der Waals surface area contributed by atoms with E-state index in [0.29, 0.717) is 29.1 Å². The van der Waals surface area contributed by atoms with Gasteiger partial charge >= 0.3 is 6.09 Å². The number of ether oxygens (including phenoxy) is 2. The Morgan fingerprint density at radius 2 is 1.93 bits per heavy atom. The van der Waals surface area contributed by atoms with Crippen LogP contribution in [0.1, 0.15) is 36.8 Å². The average molecular weight is 552 g/mol. The van der Waals surface area contributed by atoms with Crippen LogP contribution in [0.3, 0.4) is 0 Å². The predicted molar refractivity (Wildman–Crippen MR) is 145 cm³/mol. The molecule has 4 unspecified atom stereocenters. The first-order chi connectivity index (χ1) is 19.3. The molecule has 210 valence electrons. The minimum absolute atomic E-state index is 0.0924. The number of alkyl carbamates (subject to hydrolysis) is 1. The average Bonchev–Trinajstić information content (AvgIpc) is 3.32. The quantitative estimate of drug-likeness (QED) is 0.306. The summed E-state index contributed by atoms with van der Waals surface area (Å²) in [4.78, 5) is 20.5. The number of rotatable bonds is 7. The topological polar surface area (TPSA) is 129 Å². The second kappa shape index (κ2) is 11.5. The molecule has 1 fully saturated rings. The third kappa shape index (κ3) is 5.45. The van der Waals surface area contributed by atoms with Crippen molar-refractivity contribution in [3.8, 4) is 11.3 Å². The number of imidazole rings is 1. The van der Waals surface area contributed by atoms with Crippen LogP contribution in [0.15, 0.2) is 48.9 Å². The number of carbonyl (C=O) groups excluding carboxylic acids is 1. The molecule has 3 heterocycles. The van der Waals surface area contributed by atoms with Crippen LogP contribution >= 0.6 is 0 Å². The van der Waals surface area contributed by atoms with Gasteiger partial charge in [-0.2, -0.15) is 9.61 Å². The van der Waals surface area contributed by atoms with E-state index >= 15 is 0 Å². The number of pyridine rings is 1. The molecule has 5 rings (SSSR count). The van der Waals surface area contributed by atoms with E-state index in [1.54, 1.807) is 30.7 Å². The molecule has 1 aromatic carbocycles. The van der Waals surface area contributed by atoms with Crippen molar-refractivity contribution in [1.82, 2.24) is 24.9 Å². The molecule has 4 aromatic rings. The number of nitrogens with one attached hydrogen (secondary N) is 2. The SMILES string of the molecule is COCc1cc(F)c(-c2ccc3cnc(Nc4cnccc4C4CC(C)C(NC(=O)OC)C(N)C4)n3n2)c(F)c1. The first-order valence-corrected chi connectivity index (χ1v) is 12.9. The Labute approximate surface area is 229 Å². The molecule has 3 aromatic heterocycles. The zero-order chi connectivity index (χ0) is 28.4. The van der Waals surface area contributed by atoms with Crippen molar-refractivity contribution in [3.63, 3.8) is 0 Å². The Kier molecular flexibility index (Phi) is 7.90. The number of carbonyl (C=O) groups is 1. The maximum Gasteiger partial charge on any atom is 0.407 e. The molecule has 40 heavy (non-hydrogen) atoms. The van der Waals surface area contributed by atoms with Crippen LogP contribution in [0.25, 0.3) is 16.8 Å². The summed E-state index contributed by atoms with van der Waals surface area (Å²) in [7, 11) is 2.79. The third-order valence-electron chi connectivity index (χ3n) is 7.35. The maximum atomic E-state index is 14.9. The lowest BCUT2D eigenvalue weighted by atomic mass is 9.73. The smallest absolute Gasteiger partial charge is 0.407 e. The number of benzene rings is 1. The van der Waals surface area contributed by atoms with Gasteiger partial charge < -0.3 is 25.8 Å². The zero-order valence-electron chi connectivity index (χ0n) is 22.4. The highest BCUT2D eigenvalue weighted by Gasteiger charge is 2.36. The lowest BCUT2D eigenvalue weighted by Crippen LogP contribution is -2.54. The van der Waals surface area contributed by atoms with Gasteiger partial charge in [0.2, 0.25) is 5.95 Å². The Bertz CT molecular complexity index is 1490. The number of fused-ring (bicyclic) bond motifs is 1. The number of hydrogen-bond donors (Lipinski definition) is 3. The highest BCUT2D eigenvalue weighted by molar-refractivity contribution is 5.68. The van der Waals surface area contributed by atoms with Crippen molar-refractivity contribution < 1.29 is 23.0 Å². The Morgan fingerprint density at radius 3 is 2.62 bits per heavy atom. The number of hydrogen-bond acceptors (Lipinski definition) is 8. The highest BCUT2D eigenvalue weighted by Crippen LogP contribution is 2.39. The second-order valence-corrected chi connectivity index (χ2v) is 10.1. The lowest BCUT2D eigenvalue weighted by molar-refractivity contribution is 0.149. The van der Waals surface area contributed by atoms with Crippen LogP contribution < -0.4 is 16.4 Å². The molecule has 12 heteroatoms. The van der Waals surface area contributed by atoms with Gasteiger partial charge in [0.15, 0.2) is 0 Å². The van der Waals surface area contributed by atoms with Crippen LogP contribution in [0, 0.1) is 17.6 Å². The summed E-state index contributed by atoms with van der Waals surface area (Å²) in [5.41, 5.74) is 9.11. The number of halogens is 2. The fraction of sp³-hybridized carbons (Fsp3) is 0.357. The molecule has 1 aliphatic carbocycles. The first-order valence-electron chi connectivity index (χ1n) is 12.9. The van der Waals surface area contributed by atoms with E-state index in [1.165, 1.54) is 30.9 Å². The molecule has 1 aliphatic rings. The van der Waals surface area contributed by atoms with Crippen LogP contribution in [-0.2, 0) is 16.1 Å². The summed E-state index contributed by atoms with van der Waals surface area (Å²) in [5.74, 6) is -0.905. The fourth-order valence-electron chi connectivity index (χ4n) is 5.50. The Hall–Kier alpha value is -4.16. The van der Waals surface area contributed by atoms with Crippen molar-refractivity contribution in [2.45, 2.75) is 44.4 Å². The van der Waals surface area contributed by atoms with Gasteiger partial charge in [0.25, 0.3) is 0 Å². The zero-order valence-corrected chi connectivity index (χ0v) is 22.4. The molecule has 0 saturated heterocycles. The number of nitrogens with zero attached hydrogens (tertiary/aromatic N) is 4. The van der Waals surface area contributed by atoms with Crippen LogP contribution in [-0.4, -0.2) is 52.0 Å². The monoisotopic (exact) mass is 551 g/mol. The van der Waals surface area contributed by atoms with Gasteiger partial charge in [-0.15, -0.1) is 0 Å². The summed E-state index contributed by atoms with van der Waals surface area (Å²) < 4.78 is 41.1. The summed E-state index contributed by atoms with van der Waals surface area (Å²) in [5, 5.41) is 10.7. The van der Waals surface area contributed by atoms with Gasteiger partial charge in [-0.25, -0.2) is 18.6 Å². The van der Waals surface area contributed by atoms with E-state index in [0.717, 1.165) is 12.0 Å². The molecular formula is C28H31F2N7O3. The molecule has 0 bridgehead atoms. The highest BCUT2D eigenvalue weighted by atomic mass is 19.1. The summed E-state index contributed by atoms with van der Waals surface area (Å²) in [6.07, 6.45) is 5.95. The van der Waals surface area contributed by atoms with Crippen molar-refractivity contribution in [3.05, 3.63) is 71.7 Å². The molecule has 10 nitrogen and oxygen atoms in total. The van der Waals surface area contributed by atoms with Gasteiger partial charge in [0.1, 0.15) is 11.6 Å². The van der Waals surface area contributed by atoms with Crippen LogP contribution in [0.2, 0.25) is 0 Å². The van der Waals surface area contributed by atoms with Crippen molar-refractivity contribution >= 4 is 23.2 Å². The van der Waals surface area contributed by atoms with Crippen molar-refractivity contribution in [2.75, 3.05) is 19.5 Å². The van der Waals surface area contributed by atoms with Gasteiger partial charge in [0.05, 0.1) is 48.6 Å². The van der Waals surface area contributed by atoms with E-state index in [1.807, 2.05) is 6.07 Å².